The molecule has 0 heterocycles. The zero-order chi connectivity index (χ0) is 10.1. The fourth-order valence-corrected chi connectivity index (χ4v) is 0.826. The monoisotopic (exact) mass is 201 g/mol. The minimum Gasteiger partial charge on any atom is -0.466 e. The van der Waals surface area contributed by atoms with Gasteiger partial charge in [0, 0.05) is 12.8 Å². The number of nitrogens with zero attached hydrogens (tertiary/aromatic N) is 1. The van der Waals surface area contributed by atoms with Gasteiger partial charge in [-0.1, -0.05) is 0 Å². The molecule has 0 aromatic rings. The first kappa shape index (κ1) is 11.9. The van der Waals surface area contributed by atoms with Crippen molar-refractivity contribution >= 4 is 29.3 Å². The Bertz CT molecular complexity index is 234. The van der Waals surface area contributed by atoms with Gasteiger partial charge in [-0.15, -0.1) is 0 Å². The van der Waals surface area contributed by atoms with E-state index >= 15 is 0 Å². The molecular formula is C8H11NO3S. The normalized spacial score (nSPS) is 8.69. The topological polar surface area (TPSA) is 55.7 Å². The van der Waals surface area contributed by atoms with Crippen molar-refractivity contribution in [2.45, 2.75) is 26.2 Å². The lowest BCUT2D eigenvalue weighted by Gasteiger charge is -1.98. The molecule has 0 N–H and O–H groups in total. The van der Waals surface area contributed by atoms with Crippen molar-refractivity contribution in [1.29, 1.82) is 0 Å². The van der Waals surface area contributed by atoms with E-state index < -0.39 is 0 Å². The fourth-order valence-electron chi connectivity index (χ4n) is 0.724. The van der Waals surface area contributed by atoms with Crippen LogP contribution >= 0.6 is 12.2 Å². The maximum Gasteiger partial charge on any atom is 0.305 e. The highest BCUT2D eigenvalue weighted by Gasteiger charge is 2.03. The van der Waals surface area contributed by atoms with Crippen LogP contribution in [0.15, 0.2) is 4.99 Å². The summed E-state index contributed by atoms with van der Waals surface area (Å²) in [5, 5.41) is 1.97. The molecule has 0 fully saturated rings. The molecule has 0 aliphatic rings. The molecule has 0 aromatic carbocycles. The van der Waals surface area contributed by atoms with E-state index in [9.17, 15) is 9.59 Å². The molecular weight excluding hydrogens is 190 g/mol. The highest BCUT2D eigenvalue weighted by molar-refractivity contribution is 7.78. The van der Waals surface area contributed by atoms with Gasteiger partial charge >= 0.3 is 5.97 Å². The van der Waals surface area contributed by atoms with Crippen LogP contribution in [0.3, 0.4) is 0 Å². The lowest BCUT2D eigenvalue weighted by atomic mass is 10.2. The molecule has 0 saturated heterocycles. The van der Waals surface area contributed by atoms with Gasteiger partial charge in [0.2, 0.25) is 0 Å². The van der Waals surface area contributed by atoms with Crippen LogP contribution in [0.1, 0.15) is 26.2 Å². The summed E-state index contributed by atoms with van der Waals surface area (Å²) in [5.41, 5.74) is 0. The summed E-state index contributed by atoms with van der Waals surface area (Å²) in [5.74, 6) is -0.638. The molecule has 0 aromatic heterocycles. The molecule has 0 radical (unpaired) electrons. The Morgan fingerprint density at radius 2 is 2.15 bits per heavy atom. The van der Waals surface area contributed by atoms with E-state index in [0.29, 0.717) is 13.0 Å². The second-order valence-electron chi connectivity index (χ2n) is 2.26. The second kappa shape index (κ2) is 7.58. The predicted octanol–water partition coefficient (Wildman–Crippen LogP) is 1.35. The molecule has 0 rings (SSSR count). The predicted molar refractivity (Wildman–Crippen MR) is 50.5 cm³/mol. The molecule has 0 unspecified atom stereocenters. The Kier molecular flexibility index (Phi) is 6.96. The highest BCUT2D eigenvalue weighted by Crippen LogP contribution is 1.98. The van der Waals surface area contributed by atoms with E-state index in [-0.39, 0.29) is 24.7 Å². The third-order valence-electron chi connectivity index (χ3n) is 1.25. The first-order chi connectivity index (χ1) is 6.20. The van der Waals surface area contributed by atoms with Gasteiger partial charge < -0.3 is 4.74 Å². The number of rotatable bonds is 5. The van der Waals surface area contributed by atoms with Gasteiger partial charge in [0.25, 0.3) is 5.91 Å². The minimum atomic E-state index is -0.348. The summed E-state index contributed by atoms with van der Waals surface area (Å²) in [7, 11) is 0. The van der Waals surface area contributed by atoms with E-state index in [0.717, 1.165) is 0 Å². The van der Waals surface area contributed by atoms with Crippen molar-refractivity contribution in [2.24, 2.45) is 4.99 Å². The number of carbonyl (C=O) groups excluding carboxylic acids is 2. The van der Waals surface area contributed by atoms with Gasteiger partial charge in [0.15, 0.2) is 0 Å². The number of ether oxygens (including phenoxy) is 1. The van der Waals surface area contributed by atoms with Crippen LogP contribution in [0.25, 0.3) is 0 Å². The Morgan fingerprint density at radius 1 is 1.46 bits per heavy atom. The SMILES string of the molecule is CCOC(=O)CCCC(=O)N=C=S. The van der Waals surface area contributed by atoms with Crippen molar-refractivity contribution < 1.29 is 14.3 Å². The van der Waals surface area contributed by atoms with E-state index in [1.165, 1.54) is 0 Å². The average molecular weight is 201 g/mol. The van der Waals surface area contributed by atoms with Gasteiger partial charge in [0.1, 0.15) is 0 Å². The summed E-state index contributed by atoms with van der Waals surface area (Å²) in [4.78, 5) is 24.8. The first-order valence-corrected chi connectivity index (χ1v) is 4.37. The molecule has 0 atom stereocenters. The maximum absolute atomic E-state index is 10.8. The van der Waals surface area contributed by atoms with Gasteiger partial charge in [-0.3, -0.25) is 9.59 Å². The maximum atomic E-state index is 10.8. The Balaban J connectivity index is 3.50. The van der Waals surface area contributed by atoms with Crippen LogP contribution in [0, 0.1) is 0 Å². The Labute approximate surface area is 82.0 Å². The quantitative estimate of drug-likeness (QED) is 0.383. The third-order valence-corrected chi connectivity index (χ3v) is 1.34. The average Bonchev–Trinajstić information content (AvgIpc) is 2.05. The van der Waals surface area contributed by atoms with Crippen molar-refractivity contribution in [2.75, 3.05) is 6.61 Å². The molecule has 1 amide bonds. The molecule has 0 saturated carbocycles. The Morgan fingerprint density at radius 3 is 2.69 bits per heavy atom. The van der Waals surface area contributed by atoms with Crippen LogP contribution in [-0.2, 0) is 14.3 Å². The van der Waals surface area contributed by atoms with Crippen molar-refractivity contribution in [3.8, 4) is 0 Å². The summed E-state index contributed by atoms with van der Waals surface area (Å²) in [6.45, 7) is 2.10. The van der Waals surface area contributed by atoms with E-state index in [4.69, 9.17) is 0 Å². The van der Waals surface area contributed by atoms with Gasteiger partial charge in [-0.25, -0.2) is 0 Å². The van der Waals surface area contributed by atoms with Crippen LogP contribution < -0.4 is 0 Å². The number of thiocarbonyl (C=S) groups is 1. The largest absolute Gasteiger partial charge is 0.466 e. The minimum absolute atomic E-state index is 0.211. The lowest BCUT2D eigenvalue weighted by Crippen LogP contribution is -2.04. The van der Waals surface area contributed by atoms with Crippen LogP contribution in [0.2, 0.25) is 0 Å². The van der Waals surface area contributed by atoms with E-state index in [1.54, 1.807) is 6.92 Å². The summed E-state index contributed by atoms with van der Waals surface area (Å²) >= 11 is 4.24. The molecule has 0 aliphatic carbocycles. The molecule has 13 heavy (non-hydrogen) atoms. The number of esters is 1. The second-order valence-corrected chi connectivity index (χ2v) is 2.44. The van der Waals surface area contributed by atoms with Gasteiger partial charge in [-0.2, -0.15) is 4.99 Å². The van der Waals surface area contributed by atoms with Gasteiger partial charge in [-0.05, 0) is 25.6 Å². The zero-order valence-electron chi connectivity index (χ0n) is 7.41. The fraction of sp³-hybridized carbons (Fsp3) is 0.625. The molecule has 0 spiro atoms. The number of isothiocyanates is 1. The van der Waals surface area contributed by atoms with Crippen molar-refractivity contribution in [3.05, 3.63) is 0 Å². The number of aliphatic imine (C=N–C) groups is 1. The molecule has 0 bridgehead atoms. The van der Waals surface area contributed by atoms with Crippen LogP contribution in [0.5, 0.6) is 0 Å². The standard InChI is InChI=1S/C8H11NO3S/c1-2-12-8(11)5-3-4-7(10)9-6-13/h2-5H2,1H3. The van der Waals surface area contributed by atoms with Crippen LogP contribution in [-0.4, -0.2) is 23.6 Å². The highest BCUT2D eigenvalue weighted by atomic mass is 32.1. The zero-order valence-corrected chi connectivity index (χ0v) is 8.23. The van der Waals surface area contributed by atoms with Crippen molar-refractivity contribution in [1.82, 2.24) is 0 Å². The lowest BCUT2D eigenvalue weighted by molar-refractivity contribution is -0.143. The van der Waals surface area contributed by atoms with E-state index in [1.807, 2.05) is 5.16 Å². The number of hydrogen-bond acceptors (Lipinski definition) is 4. The summed E-state index contributed by atoms with van der Waals surface area (Å²) < 4.78 is 4.67. The number of amides is 1. The smallest absolute Gasteiger partial charge is 0.305 e. The first-order valence-electron chi connectivity index (χ1n) is 3.97. The molecule has 72 valence electrons. The number of hydrogen-bond donors (Lipinski definition) is 0. The molecule has 0 aliphatic heterocycles. The summed E-state index contributed by atoms with van der Waals surface area (Å²) in [6, 6.07) is 0. The molecule has 5 heteroatoms. The number of carbonyl (C=O) groups is 2. The Hall–Kier alpha value is -1.06. The van der Waals surface area contributed by atoms with E-state index in [2.05, 4.69) is 21.9 Å². The van der Waals surface area contributed by atoms with Gasteiger partial charge in [0.05, 0.1) is 11.8 Å². The van der Waals surface area contributed by atoms with Crippen LogP contribution in [0.4, 0.5) is 0 Å². The molecule has 4 nitrogen and oxygen atoms in total. The van der Waals surface area contributed by atoms with Crippen molar-refractivity contribution in [3.63, 3.8) is 0 Å². The summed E-state index contributed by atoms with van der Waals surface area (Å²) in [6.07, 6.45) is 0.896. The third kappa shape index (κ3) is 7.31.